The Hall–Kier alpha value is -0.410. The predicted molar refractivity (Wildman–Crippen MR) is 89.5 cm³/mol. The summed E-state index contributed by atoms with van der Waals surface area (Å²) < 4.78 is 6.35. The Kier molecular flexibility index (Phi) is 5.62. The lowest BCUT2D eigenvalue weighted by atomic mass is 10.0. The van der Waals surface area contributed by atoms with Crippen LogP contribution in [0.15, 0.2) is 40.9 Å². The summed E-state index contributed by atoms with van der Waals surface area (Å²) >= 11 is 22.0. The van der Waals surface area contributed by atoms with E-state index in [-0.39, 0.29) is 5.38 Å². The molecule has 0 aliphatic rings. The highest BCUT2D eigenvalue weighted by atomic mass is 79.9. The first-order chi connectivity index (χ1) is 9.52. The lowest BCUT2D eigenvalue weighted by molar-refractivity contribution is 0.340. The highest BCUT2D eigenvalue weighted by Gasteiger charge is 2.15. The molecule has 0 saturated carbocycles. The number of alkyl halides is 1. The van der Waals surface area contributed by atoms with E-state index in [0.29, 0.717) is 16.7 Å². The standard InChI is InChI=1S/C15H12BrCl3O/c1-2-20-10-4-5-11(12(16)8-10)15(19)9-3-6-13(17)14(18)7-9/h3-8,15H,2H2,1H3. The van der Waals surface area contributed by atoms with Gasteiger partial charge in [0.2, 0.25) is 0 Å². The maximum Gasteiger partial charge on any atom is 0.120 e. The van der Waals surface area contributed by atoms with Crippen molar-refractivity contribution in [3.8, 4) is 5.75 Å². The molecule has 20 heavy (non-hydrogen) atoms. The molecule has 5 heteroatoms. The fourth-order valence-corrected chi connectivity index (χ4v) is 3.17. The maximum atomic E-state index is 6.52. The lowest BCUT2D eigenvalue weighted by Gasteiger charge is -2.14. The fourth-order valence-electron chi connectivity index (χ4n) is 1.82. The Morgan fingerprint density at radius 2 is 1.85 bits per heavy atom. The molecule has 0 bridgehead atoms. The molecule has 0 aromatic heterocycles. The minimum absolute atomic E-state index is 0.310. The van der Waals surface area contributed by atoms with E-state index in [2.05, 4.69) is 15.9 Å². The van der Waals surface area contributed by atoms with E-state index in [4.69, 9.17) is 39.5 Å². The highest BCUT2D eigenvalue weighted by molar-refractivity contribution is 9.10. The van der Waals surface area contributed by atoms with Gasteiger partial charge in [0.15, 0.2) is 0 Å². The first-order valence-corrected chi connectivity index (χ1v) is 8.02. The van der Waals surface area contributed by atoms with Crippen LogP contribution in [0.25, 0.3) is 0 Å². The number of hydrogen-bond acceptors (Lipinski definition) is 1. The molecule has 0 fully saturated rings. The number of rotatable bonds is 4. The normalized spacial score (nSPS) is 12.2. The average molecular weight is 395 g/mol. The zero-order valence-electron chi connectivity index (χ0n) is 10.7. The van der Waals surface area contributed by atoms with Crippen LogP contribution in [-0.2, 0) is 0 Å². The number of halogens is 4. The SMILES string of the molecule is CCOc1ccc(C(Cl)c2ccc(Cl)c(Cl)c2)c(Br)c1. The van der Waals surface area contributed by atoms with Gasteiger partial charge in [-0.05, 0) is 42.3 Å². The second-order valence-corrected chi connectivity index (χ2v) is 6.26. The van der Waals surface area contributed by atoms with Gasteiger partial charge >= 0.3 is 0 Å². The minimum atomic E-state index is -0.310. The topological polar surface area (TPSA) is 9.23 Å². The first kappa shape index (κ1) is 16.0. The second kappa shape index (κ2) is 7.04. The van der Waals surface area contributed by atoms with Gasteiger partial charge in [-0.2, -0.15) is 0 Å². The first-order valence-electron chi connectivity index (χ1n) is 6.04. The van der Waals surface area contributed by atoms with Crippen LogP contribution < -0.4 is 4.74 Å². The summed E-state index contributed by atoms with van der Waals surface area (Å²) in [5, 5.41) is 0.705. The molecule has 1 nitrogen and oxygen atoms in total. The van der Waals surface area contributed by atoms with Crippen molar-refractivity contribution in [1.82, 2.24) is 0 Å². The average Bonchev–Trinajstić information content (AvgIpc) is 2.42. The van der Waals surface area contributed by atoms with Gasteiger partial charge in [0.1, 0.15) is 5.75 Å². The molecule has 0 amide bonds. The van der Waals surface area contributed by atoms with Crippen LogP contribution in [0.5, 0.6) is 5.75 Å². The lowest BCUT2D eigenvalue weighted by Crippen LogP contribution is -1.97. The van der Waals surface area contributed by atoms with Crippen LogP contribution in [-0.4, -0.2) is 6.61 Å². The van der Waals surface area contributed by atoms with Crippen LogP contribution in [0.2, 0.25) is 10.0 Å². The highest BCUT2D eigenvalue weighted by Crippen LogP contribution is 2.37. The summed E-state index contributed by atoms with van der Waals surface area (Å²) in [6, 6.07) is 11.1. The van der Waals surface area contributed by atoms with E-state index in [1.165, 1.54) is 0 Å². The quantitative estimate of drug-likeness (QED) is 0.539. The smallest absolute Gasteiger partial charge is 0.120 e. The van der Waals surface area contributed by atoms with E-state index in [9.17, 15) is 0 Å². The third-order valence-electron chi connectivity index (χ3n) is 2.79. The van der Waals surface area contributed by atoms with Gasteiger partial charge in [-0.3, -0.25) is 0 Å². The molecule has 0 heterocycles. The molecule has 0 radical (unpaired) electrons. The van der Waals surface area contributed by atoms with E-state index in [0.717, 1.165) is 21.3 Å². The van der Waals surface area contributed by atoms with E-state index in [1.807, 2.05) is 31.2 Å². The molecule has 0 saturated heterocycles. The van der Waals surface area contributed by atoms with Crippen molar-refractivity contribution in [3.63, 3.8) is 0 Å². The van der Waals surface area contributed by atoms with Crippen LogP contribution in [0.4, 0.5) is 0 Å². The Morgan fingerprint density at radius 1 is 1.10 bits per heavy atom. The van der Waals surface area contributed by atoms with Crippen LogP contribution in [0.1, 0.15) is 23.4 Å². The van der Waals surface area contributed by atoms with Crippen molar-refractivity contribution in [2.24, 2.45) is 0 Å². The number of hydrogen-bond donors (Lipinski definition) is 0. The second-order valence-electron chi connectivity index (χ2n) is 4.15. The molecule has 2 aromatic carbocycles. The van der Waals surface area contributed by atoms with Crippen molar-refractivity contribution >= 4 is 50.7 Å². The molecule has 0 spiro atoms. The Morgan fingerprint density at radius 3 is 2.45 bits per heavy atom. The van der Waals surface area contributed by atoms with Crippen molar-refractivity contribution < 1.29 is 4.74 Å². The summed E-state index contributed by atoms with van der Waals surface area (Å²) in [7, 11) is 0. The Labute approximate surface area is 141 Å². The predicted octanol–water partition coefficient (Wildman–Crippen LogP) is 6.48. The van der Waals surface area contributed by atoms with Gasteiger partial charge in [0.05, 0.1) is 22.0 Å². The third kappa shape index (κ3) is 3.62. The number of benzene rings is 2. The van der Waals surface area contributed by atoms with Gasteiger partial charge in [0.25, 0.3) is 0 Å². The molecule has 2 aromatic rings. The molecule has 0 N–H and O–H groups in total. The summed E-state index contributed by atoms with van der Waals surface area (Å²) in [6.45, 7) is 2.57. The molecule has 106 valence electrons. The largest absolute Gasteiger partial charge is 0.494 e. The molecule has 1 atom stereocenters. The van der Waals surface area contributed by atoms with Crippen molar-refractivity contribution in [2.75, 3.05) is 6.61 Å². The van der Waals surface area contributed by atoms with Gasteiger partial charge in [-0.1, -0.05) is 51.3 Å². The Balaban J connectivity index is 2.32. The minimum Gasteiger partial charge on any atom is -0.494 e. The maximum absolute atomic E-state index is 6.52. The van der Waals surface area contributed by atoms with Crippen molar-refractivity contribution in [3.05, 3.63) is 62.0 Å². The zero-order chi connectivity index (χ0) is 14.7. The van der Waals surface area contributed by atoms with E-state index in [1.54, 1.807) is 12.1 Å². The van der Waals surface area contributed by atoms with Gasteiger partial charge < -0.3 is 4.74 Å². The van der Waals surface area contributed by atoms with Crippen LogP contribution >= 0.6 is 50.7 Å². The molecule has 1 unspecified atom stereocenters. The summed E-state index contributed by atoms with van der Waals surface area (Å²) in [6.07, 6.45) is 0. The third-order valence-corrected chi connectivity index (χ3v) is 4.71. The monoisotopic (exact) mass is 392 g/mol. The molecular weight excluding hydrogens is 382 g/mol. The fraction of sp³-hybridized carbons (Fsp3) is 0.200. The van der Waals surface area contributed by atoms with Crippen molar-refractivity contribution in [1.29, 1.82) is 0 Å². The van der Waals surface area contributed by atoms with E-state index >= 15 is 0 Å². The molecule has 2 rings (SSSR count). The zero-order valence-corrected chi connectivity index (χ0v) is 14.5. The van der Waals surface area contributed by atoms with Crippen LogP contribution in [0, 0.1) is 0 Å². The van der Waals surface area contributed by atoms with Crippen molar-refractivity contribution in [2.45, 2.75) is 12.3 Å². The van der Waals surface area contributed by atoms with Gasteiger partial charge in [-0.15, -0.1) is 11.6 Å². The van der Waals surface area contributed by atoms with Crippen LogP contribution in [0.3, 0.4) is 0 Å². The summed E-state index contributed by atoms with van der Waals surface area (Å²) in [5.41, 5.74) is 1.85. The van der Waals surface area contributed by atoms with E-state index < -0.39 is 0 Å². The molecular formula is C15H12BrCl3O. The van der Waals surface area contributed by atoms with Gasteiger partial charge in [-0.25, -0.2) is 0 Å². The molecule has 0 aliphatic carbocycles. The number of ether oxygens (including phenoxy) is 1. The summed E-state index contributed by atoms with van der Waals surface area (Å²) in [4.78, 5) is 0. The Bertz CT molecular complexity index is 616. The van der Waals surface area contributed by atoms with Gasteiger partial charge in [0, 0.05) is 4.47 Å². The molecule has 0 aliphatic heterocycles. The summed E-state index contributed by atoms with van der Waals surface area (Å²) in [5.74, 6) is 0.807.